The molecule has 1 heterocycles. The number of nitrogens with one attached hydrogen (secondary N) is 2. The van der Waals surface area contributed by atoms with E-state index in [4.69, 9.17) is 0 Å². The summed E-state index contributed by atoms with van der Waals surface area (Å²) in [6.07, 6.45) is 0. The fourth-order valence-electron chi connectivity index (χ4n) is 2.15. The number of amides is 2. The van der Waals surface area contributed by atoms with E-state index in [1.54, 1.807) is 4.90 Å². The third kappa shape index (κ3) is 3.70. The Balaban J connectivity index is 2.54. The zero-order valence-corrected chi connectivity index (χ0v) is 11.0. The fourth-order valence-corrected chi connectivity index (χ4v) is 2.15. The Morgan fingerprint density at radius 3 is 2.53 bits per heavy atom. The van der Waals surface area contributed by atoms with Crippen molar-refractivity contribution in [2.45, 2.75) is 20.8 Å². The highest BCUT2D eigenvalue weighted by Crippen LogP contribution is 2.18. The molecule has 2 unspecified atom stereocenters. The molecular weight excluding hydrogens is 218 g/mol. The number of carbonyl (C=O) groups is 2. The van der Waals surface area contributed by atoms with Crippen molar-refractivity contribution in [1.29, 1.82) is 0 Å². The predicted octanol–water partition coefficient (Wildman–Crippen LogP) is -0.173. The van der Waals surface area contributed by atoms with Crippen LogP contribution in [0.1, 0.15) is 20.8 Å². The Hall–Kier alpha value is -1.10. The van der Waals surface area contributed by atoms with Crippen molar-refractivity contribution in [3.05, 3.63) is 0 Å². The average molecular weight is 241 g/mol. The summed E-state index contributed by atoms with van der Waals surface area (Å²) in [5.74, 6) is 0.382. The number of likely N-dealkylation sites (N-methyl/N-ethyl adjacent to an activating group) is 2. The molecule has 0 bridgehead atoms. The Morgan fingerprint density at radius 2 is 2.06 bits per heavy atom. The molecule has 5 nitrogen and oxygen atoms in total. The fraction of sp³-hybridized carbons (Fsp3) is 0.833. The molecule has 2 amide bonds. The molecular formula is C12H23N3O2. The van der Waals surface area contributed by atoms with Gasteiger partial charge in [-0.25, -0.2) is 0 Å². The summed E-state index contributed by atoms with van der Waals surface area (Å²) in [5, 5.41) is 5.93. The van der Waals surface area contributed by atoms with Crippen molar-refractivity contribution in [2.75, 3.05) is 32.7 Å². The zero-order chi connectivity index (χ0) is 12.8. The van der Waals surface area contributed by atoms with Crippen molar-refractivity contribution < 1.29 is 9.59 Å². The maximum absolute atomic E-state index is 12.2. The van der Waals surface area contributed by atoms with Crippen LogP contribution in [-0.4, -0.2) is 49.4 Å². The van der Waals surface area contributed by atoms with Crippen LogP contribution in [0.15, 0.2) is 0 Å². The van der Waals surface area contributed by atoms with Gasteiger partial charge in [-0.05, 0) is 26.3 Å². The van der Waals surface area contributed by atoms with E-state index in [9.17, 15) is 9.59 Å². The summed E-state index contributed by atoms with van der Waals surface area (Å²) in [7, 11) is 0. The van der Waals surface area contributed by atoms with Crippen LogP contribution in [0.5, 0.6) is 0 Å². The lowest BCUT2D eigenvalue weighted by atomic mass is 9.96. The Morgan fingerprint density at radius 1 is 1.35 bits per heavy atom. The molecule has 0 spiro atoms. The van der Waals surface area contributed by atoms with Crippen LogP contribution in [0, 0.1) is 11.8 Å². The average Bonchev–Trinajstić information content (AvgIpc) is 2.72. The minimum Gasteiger partial charge on any atom is -0.355 e. The van der Waals surface area contributed by atoms with E-state index in [-0.39, 0.29) is 24.3 Å². The van der Waals surface area contributed by atoms with E-state index in [0.717, 1.165) is 13.1 Å². The third-order valence-corrected chi connectivity index (χ3v) is 3.24. The van der Waals surface area contributed by atoms with E-state index in [1.807, 2.05) is 13.8 Å². The van der Waals surface area contributed by atoms with Gasteiger partial charge in [-0.2, -0.15) is 0 Å². The molecule has 17 heavy (non-hydrogen) atoms. The van der Waals surface area contributed by atoms with Gasteiger partial charge in [0.25, 0.3) is 0 Å². The van der Waals surface area contributed by atoms with E-state index in [0.29, 0.717) is 19.0 Å². The SMILES string of the molecule is CCNC(=O)CN(CC)C(=O)C1CNCC1C. The van der Waals surface area contributed by atoms with Gasteiger partial charge in [0.05, 0.1) is 12.5 Å². The lowest BCUT2D eigenvalue weighted by Gasteiger charge is -2.25. The molecule has 5 heteroatoms. The lowest BCUT2D eigenvalue weighted by Crippen LogP contribution is -2.44. The summed E-state index contributed by atoms with van der Waals surface area (Å²) in [6.45, 7) is 8.82. The number of hydrogen-bond acceptors (Lipinski definition) is 3. The molecule has 1 aliphatic rings. The Kier molecular flexibility index (Phi) is 5.41. The lowest BCUT2D eigenvalue weighted by molar-refractivity contribution is -0.139. The highest BCUT2D eigenvalue weighted by Gasteiger charge is 2.32. The van der Waals surface area contributed by atoms with Crippen LogP contribution in [0.3, 0.4) is 0 Å². The molecule has 0 aliphatic carbocycles. The van der Waals surface area contributed by atoms with Gasteiger partial charge in [-0.3, -0.25) is 9.59 Å². The van der Waals surface area contributed by atoms with E-state index in [2.05, 4.69) is 17.6 Å². The highest BCUT2D eigenvalue weighted by molar-refractivity contribution is 5.86. The molecule has 0 radical (unpaired) electrons. The number of rotatable bonds is 5. The van der Waals surface area contributed by atoms with Crippen molar-refractivity contribution >= 4 is 11.8 Å². The van der Waals surface area contributed by atoms with Gasteiger partial charge in [-0.1, -0.05) is 6.92 Å². The summed E-state index contributed by atoms with van der Waals surface area (Å²) >= 11 is 0. The largest absolute Gasteiger partial charge is 0.355 e. The normalized spacial score (nSPS) is 23.5. The first kappa shape index (κ1) is 14.0. The molecule has 0 aromatic rings. The first-order chi connectivity index (χ1) is 8.10. The minimum absolute atomic E-state index is 0.0179. The second-order valence-electron chi connectivity index (χ2n) is 4.55. The monoisotopic (exact) mass is 241 g/mol. The smallest absolute Gasteiger partial charge is 0.239 e. The van der Waals surface area contributed by atoms with Gasteiger partial charge in [0, 0.05) is 19.6 Å². The van der Waals surface area contributed by atoms with Crippen molar-refractivity contribution in [2.24, 2.45) is 11.8 Å². The van der Waals surface area contributed by atoms with Gasteiger partial charge in [-0.15, -0.1) is 0 Å². The number of nitrogens with zero attached hydrogens (tertiary/aromatic N) is 1. The second kappa shape index (κ2) is 6.59. The van der Waals surface area contributed by atoms with E-state index < -0.39 is 0 Å². The third-order valence-electron chi connectivity index (χ3n) is 3.24. The van der Waals surface area contributed by atoms with Crippen molar-refractivity contribution in [3.8, 4) is 0 Å². The maximum atomic E-state index is 12.2. The molecule has 2 N–H and O–H groups in total. The van der Waals surface area contributed by atoms with Crippen LogP contribution in [0.4, 0.5) is 0 Å². The Labute approximate surface area is 103 Å². The van der Waals surface area contributed by atoms with Crippen molar-refractivity contribution in [1.82, 2.24) is 15.5 Å². The van der Waals surface area contributed by atoms with Crippen LogP contribution in [0.2, 0.25) is 0 Å². The minimum atomic E-state index is -0.0821. The molecule has 1 rings (SSSR count). The van der Waals surface area contributed by atoms with E-state index >= 15 is 0 Å². The molecule has 2 atom stereocenters. The van der Waals surface area contributed by atoms with Gasteiger partial charge in [0.1, 0.15) is 0 Å². The summed E-state index contributed by atoms with van der Waals surface area (Å²) < 4.78 is 0. The first-order valence-corrected chi connectivity index (χ1v) is 6.36. The van der Waals surface area contributed by atoms with Gasteiger partial charge >= 0.3 is 0 Å². The molecule has 1 saturated heterocycles. The van der Waals surface area contributed by atoms with Crippen molar-refractivity contribution in [3.63, 3.8) is 0 Å². The highest BCUT2D eigenvalue weighted by atomic mass is 16.2. The summed E-state index contributed by atoms with van der Waals surface area (Å²) in [6, 6.07) is 0. The predicted molar refractivity (Wildman–Crippen MR) is 66.5 cm³/mol. The molecule has 1 aliphatic heterocycles. The molecule has 0 aromatic heterocycles. The molecule has 0 aromatic carbocycles. The standard InChI is InChI=1S/C12H23N3O2/c1-4-14-11(16)8-15(5-2)12(17)10-7-13-6-9(10)3/h9-10,13H,4-8H2,1-3H3,(H,14,16). The van der Waals surface area contributed by atoms with Crippen LogP contribution in [0.25, 0.3) is 0 Å². The second-order valence-corrected chi connectivity index (χ2v) is 4.55. The number of carbonyl (C=O) groups excluding carboxylic acids is 2. The molecule has 0 saturated carbocycles. The summed E-state index contributed by atoms with van der Waals surface area (Å²) in [4.78, 5) is 25.4. The zero-order valence-electron chi connectivity index (χ0n) is 11.0. The van der Waals surface area contributed by atoms with Crippen LogP contribution in [-0.2, 0) is 9.59 Å². The Bertz CT molecular complexity index is 281. The molecule has 98 valence electrons. The van der Waals surface area contributed by atoms with Crippen LogP contribution >= 0.6 is 0 Å². The maximum Gasteiger partial charge on any atom is 0.239 e. The quantitative estimate of drug-likeness (QED) is 0.702. The molecule has 1 fully saturated rings. The number of hydrogen-bond donors (Lipinski definition) is 2. The van der Waals surface area contributed by atoms with Gasteiger partial charge in [0.2, 0.25) is 11.8 Å². The van der Waals surface area contributed by atoms with Gasteiger partial charge < -0.3 is 15.5 Å². The topological polar surface area (TPSA) is 61.4 Å². The van der Waals surface area contributed by atoms with Crippen LogP contribution < -0.4 is 10.6 Å². The van der Waals surface area contributed by atoms with Gasteiger partial charge in [0.15, 0.2) is 0 Å². The summed E-state index contributed by atoms with van der Waals surface area (Å²) in [5.41, 5.74) is 0. The first-order valence-electron chi connectivity index (χ1n) is 6.36. The van der Waals surface area contributed by atoms with E-state index in [1.165, 1.54) is 0 Å².